The molecule has 15 heavy (non-hydrogen) atoms. The number of hydrogen-bond acceptors (Lipinski definition) is 4. The molecule has 0 saturated carbocycles. The number of aliphatic hydroxyl groups excluding tert-OH is 1. The fraction of sp³-hybridized carbons (Fsp3) is 1.00. The van der Waals surface area contributed by atoms with E-state index in [2.05, 4.69) is 10.2 Å². The number of piperidine rings is 1. The Morgan fingerprint density at radius 1 is 1.27 bits per heavy atom. The molecule has 0 bridgehead atoms. The zero-order valence-electron chi connectivity index (χ0n) is 9.32. The van der Waals surface area contributed by atoms with Crippen molar-refractivity contribution in [1.82, 2.24) is 10.2 Å². The molecule has 1 unspecified atom stereocenters. The summed E-state index contributed by atoms with van der Waals surface area (Å²) in [5, 5.41) is 13.4. The molecule has 0 aromatic heterocycles. The molecule has 2 heterocycles. The Labute approximate surface area is 91.6 Å². The Balaban J connectivity index is 1.72. The third kappa shape index (κ3) is 3.41. The molecule has 0 aliphatic carbocycles. The van der Waals surface area contributed by atoms with Crippen molar-refractivity contribution >= 4 is 0 Å². The van der Waals surface area contributed by atoms with E-state index in [0.29, 0.717) is 5.92 Å². The normalized spacial score (nSPS) is 27.8. The average molecular weight is 214 g/mol. The van der Waals surface area contributed by atoms with Gasteiger partial charge in [-0.05, 0) is 31.8 Å². The van der Waals surface area contributed by atoms with Crippen molar-refractivity contribution in [3.8, 4) is 0 Å². The summed E-state index contributed by atoms with van der Waals surface area (Å²) in [5.74, 6) is 0.495. The summed E-state index contributed by atoms with van der Waals surface area (Å²) in [7, 11) is 0. The van der Waals surface area contributed by atoms with Crippen molar-refractivity contribution in [2.45, 2.75) is 18.9 Å². The Bertz CT molecular complexity index is 177. The van der Waals surface area contributed by atoms with E-state index in [1.807, 2.05) is 0 Å². The zero-order chi connectivity index (χ0) is 10.5. The Hall–Kier alpha value is -0.160. The van der Waals surface area contributed by atoms with Gasteiger partial charge in [0, 0.05) is 19.6 Å². The summed E-state index contributed by atoms with van der Waals surface area (Å²) in [5.41, 5.74) is 0. The zero-order valence-corrected chi connectivity index (χ0v) is 9.32. The highest BCUT2D eigenvalue weighted by atomic mass is 16.5. The third-order valence-electron chi connectivity index (χ3n) is 3.48. The van der Waals surface area contributed by atoms with Gasteiger partial charge in [0.15, 0.2) is 0 Å². The lowest BCUT2D eigenvalue weighted by atomic mass is 9.92. The van der Waals surface area contributed by atoms with E-state index in [4.69, 9.17) is 4.74 Å². The predicted molar refractivity (Wildman–Crippen MR) is 58.9 cm³/mol. The number of morpholine rings is 1. The van der Waals surface area contributed by atoms with Gasteiger partial charge in [-0.3, -0.25) is 4.90 Å². The highest BCUT2D eigenvalue weighted by Gasteiger charge is 2.24. The molecule has 4 nitrogen and oxygen atoms in total. The number of nitrogens with one attached hydrogen (secondary N) is 1. The van der Waals surface area contributed by atoms with Crippen LogP contribution < -0.4 is 5.32 Å². The summed E-state index contributed by atoms with van der Waals surface area (Å²) in [6, 6.07) is 0. The van der Waals surface area contributed by atoms with Crippen LogP contribution in [0.2, 0.25) is 0 Å². The van der Waals surface area contributed by atoms with E-state index in [-0.39, 0.29) is 6.10 Å². The lowest BCUT2D eigenvalue weighted by Crippen LogP contribution is -2.44. The van der Waals surface area contributed by atoms with E-state index in [0.717, 1.165) is 58.8 Å². The standard InChI is InChI=1S/C11H22N2O2/c14-11(10-1-3-12-4-2-10)9-13-5-7-15-8-6-13/h10-12,14H,1-9H2. The molecule has 0 radical (unpaired) electrons. The third-order valence-corrected chi connectivity index (χ3v) is 3.48. The first-order valence-corrected chi connectivity index (χ1v) is 6.05. The molecule has 0 spiro atoms. The summed E-state index contributed by atoms with van der Waals surface area (Å²) >= 11 is 0. The van der Waals surface area contributed by atoms with E-state index < -0.39 is 0 Å². The lowest BCUT2D eigenvalue weighted by Gasteiger charge is -2.33. The molecule has 2 saturated heterocycles. The van der Waals surface area contributed by atoms with Crippen LogP contribution in [-0.4, -0.2) is 62.0 Å². The summed E-state index contributed by atoms with van der Waals surface area (Å²) in [6.07, 6.45) is 2.09. The van der Waals surface area contributed by atoms with Gasteiger partial charge >= 0.3 is 0 Å². The summed E-state index contributed by atoms with van der Waals surface area (Å²) < 4.78 is 5.29. The maximum absolute atomic E-state index is 10.1. The summed E-state index contributed by atoms with van der Waals surface area (Å²) in [6.45, 7) is 6.53. The van der Waals surface area contributed by atoms with Crippen molar-refractivity contribution in [2.24, 2.45) is 5.92 Å². The first-order chi connectivity index (χ1) is 7.36. The molecular formula is C11H22N2O2. The number of rotatable bonds is 3. The quantitative estimate of drug-likeness (QED) is 0.676. The molecule has 2 aliphatic rings. The van der Waals surface area contributed by atoms with Crippen molar-refractivity contribution in [1.29, 1.82) is 0 Å². The maximum Gasteiger partial charge on any atom is 0.0696 e. The minimum atomic E-state index is -0.148. The first-order valence-electron chi connectivity index (χ1n) is 6.05. The molecule has 4 heteroatoms. The topological polar surface area (TPSA) is 44.7 Å². The second kappa shape index (κ2) is 5.80. The second-order valence-electron chi connectivity index (χ2n) is 4.57. The number of ether oxygens (including phenoxy) is 1. The molecule has 0 amide bonds. The van der Waals surface area contributed by atoms with E-state index in [9.17, 15) is 5.11 Å². The number of aliphatic hydroxyl groups is 1. The molecule has 2 aliphatic heterocycles. The van der Waals surface area contributed by atoms with Gasteiger partial charge in [0.25, 0.3) is 0 Å². The van der Waals surface area contributed by atoms with E-state index in [1.54, 1.807) is 0 Å². The van der Waals surface area contributed by atoms with E-state index in [1.165, 1.54) is 0 Å². The van der Waals surface area contributed by atoms with Crippen LogP contribution in [0.3, 0.4) is 0 Å². The van der Waals surface area contributed by atoms with Crippen LogP contribution in [0, 0.1) is 5.92 Å². The minimum absolute atomic E-state index is 0.148. The second-order valence-corrected chi connectivity index (χ2v) is 4.57. The van der Waals surface area contributed by atoms with E-state index >= 15 is 0 Å². The van der Waals surface area contributed by atoms with Crippen LogP contribution in [-0.2, 0) is 4.74 Å². The van der Waals surface area contributed by atoms with Gasteiger partial charge in [-0.25, -0.2) is 0 Å². The van der Waals surface area contributed by atoms with Gasteiger partial charge in [-0.15, -0.1) is 0 Å². The van der Waals surface area contributed by atoms with Crippen molar-refractivity contribution in [3.63, 3.8) is 0 Å². The minimum Gasteiger partial charge on any atom is -0.392 e. The van der Waals surface area contributed by atoms with Crippen LogP contribution >= 0.6 is 0 Å². The van der Waals surface area contributed by atoms with Crippen LogP contribution in [0.5, 0.6) is 0 Å². The molecule has 1 atom stereocenters. The van der Waals surface area contributed by atoms with Gasteiger partial charge < -0.3 is 15.2 Å². The highest BCUT2D eigenvalue weighted by Crippen LogP contribution is 2.17. The fourth-order valence-corrected chi connectivity index (χ4v) is 2.43. The molecule has 2 N–H and O–H groups in total. The smallest absolute Gasteiger partial charge is 0.0696 e. The Kier molecular flexibility index (Phi) is 4.38. The van der Waals surface area contributed by atoms with Gasteiger partial charge in [0.1, 0.15) is 0 Å². The van der Waals surface area contributed by atoms with Gasteiger partial charge in [-0.1, -0.05) is 0 Å². The van der Waals surface area contributed by atoms with Gasteiger partial charge in [-0.2, -0.15) is 0 Å². The predicted octanol–water partition coefficient (Wildman–Crippen LogP) is -0.321. The molecular weight excluding hydrogens is 192 g/mol. The van der Waals surface area contributed by atoms with Crippen molar-refractivity contribution in [2.75, 3.05) is 45.9 Å². The average Bonchev–Trinajstić information content (AvgIpc) is 2.31. The molecule has 0 aromatic rings. The van der Waals surface area contributed by atoms with Gasteiger partial charge in [0.05, 0.1) is 19.3 Å². The molecule has 0 aromatic carbocycles. The van der Waals surface area contributed by atoms with Crippen LogP contribution in [0.4, 0.5) is 0 Å². The lowest BCUT2D eigenvalue weighted by molar-refractivity contribution is -0.00341. The van der Waals surface area contributed by atoms with Crippen molar-refractivity contribution < 1.29 is 9.84 Å². The first kappa shape index (κ1) is 11.3. The monoisotopic (exact) mass is 214 g/mol. The van der Waals surface area contributed by atoms with Crippen LogP contribution in [0.1, 0.15) is 12.8 Å². The Morgan fingerprint density at radius 2 is 1.93 bits per heavy atom. The molecule has 2 rings (SSSR count). The number of β-amino-alcohol motifs (C(OH)–C–C–N with tert-alkyl or cyclic N) is 1. The molecule has 2 fully saturated rings. The largest absolute Gasteiger partial charge is 0.392 e. The van der Waals surface area contributed by atoms with Crippen molar-refractivity contribution in [3.05, 3.63) is 0 Å². The van der Waals surface area contributed by atoms with Gasteiger partial charge in [0.2, 0.25) is 0 Å². The van der Waals surface area contributed by atoms with Crippen LogP contribution in [0.15, 0.2) is 0 Å². The maximum atomic E-state index is 10.1. The number of nitrogens with zero attached hydrogens (tertiary/aromatic N) is 1. The fourth-order valence-electron chi connectivity index (χ4n) is 2.43. The SMILES string of the molecule is OC(CN1CCOCC1)C1CCNCC1. The Morgan fingerprint density at radius 3 is 2.60 bits per heavy atom. The highest BCUT2D eigenvalue weighted by molar-refractivity contribution is 4.78. The number of hydrogen-bond donors (Lipinski definition) is 2. The summed E-state index contributed by atoms with van der Waals surface area (Å²) in [4.78, 5) is 2.32. The van der Waals surface area contributed by atoms with Crippen LogP contribution in [0.25, 0.3) is 0 Å². The molecule has 88 valence electrons.